The zero-order valence-electron chi connectivity index (χ0n) is 12.1. The first-order valence-corrected chi connectivity index (χ1v) is 7.25. The van der Waals surface area contributed by atoms with E-state index >= 15 is 0 Å². The predicted molar refractivity (Wildman–Crippen MR) is 77.6 cm³/mol. The van der Waals surface area contributed by atoms with Gasteiger partial charge in [-0.1, -0.05) is 36.8 Å². The van der Waals surface area contributed by atoms with Crippen LogP contribution in [-0.4, -0.2) is 16.9 Å². The molecule has 0 bridgehead atoms. The van der Waals surface area contributed by atoms with Gasteiger partial charge < -0.3 is 5.11 Å². The number of carbonyl (C=O) groups is 2. The van der Waals surface area contributed by atoms with Gasteiger partial charge in [0.25, 0.3) is 0 Å². The Morgan fingerprint density at radius 3 is 2.45 bits per heavy atom. The number of ketones is 1. The number of carboxylic acids is 1. The van der Waals surface area contributed by atoms with E-state index in [1.807, 2.05) is 30.3 Å². The average molecular weight is 274 g/mol. The molecule has 0 heterocycles. The lowest BCUT2D eigenvalue weighted by Crippen LogP contribution is -2.39. The molecule has 1 aliphatic rings. The minimum absolute atomic E-state index is 0.169. The Balaban J connectivity index is 2.44. The maximum Gasteiger partial charge on any atom is 0.309 e. The van der Waals surface area contributed by atoms with Crippen LogP contribution in [0.15, 0.2) is 30.3 Å². The molecule has 1 saturated carbocycles. The van der Waals surface area contributed by atoms with Crippen molar-refractivity contribution < 1.29 is 14.7 Å². The van der Waals surface area contributed by atoms with E-state index < -0.39 is 11.4 Å². The van der Waals surface area contributed by atoms with Gasteiger partial charge in [0, 0.05) is 18.3 Å². The van der Waals surface area contributed by atoms with E-state index in [1.165, 1.54) is 0 Å². The van der Waals surface area contributed by atoms with Crippen LogP contribution >= 0.6 is 0 Å². The third-order valence-electron chi connectivity index (χ3n) is 4.49. The van der Waals surface area contributed by atoms with Gasteiger partial charge in [-0.25, -0.2) is 0 Å². The molecule has 1 aromatic carbocycles. The van der Waals surface area contributed by atoms with Crippen LogP contribution in [-0.2, 0) is 9.59 Å². The largest absolute Gasteiger partial charge is 0.481 e. The van der Waals surface area contributed by atoms with Gasteiger partial charge in [0.2, 0.25) is 0 Å². The summed E-state index contributed by atoms with van der Waals surface area (Å²) in [7, 11) is 0. The van der Waals surface area contributed by atoms with Crippen molar-refractivity contribution in [2.45, 2.75) is 45.4 Å². The lowest BCUT2D eigenvalue weighted by Gasteiger charge is -2.38. The van der Waals surface area contributed by atoms with Crippen LogP contribution in [0.25, 0.3) is 0 Å². The van der Waals surface area contributed by atoms with Crippen LogP contribution in [0.3, 0.4) is 0 Å². The van der Waals surface area contributed by atoms with Crippen molar-refractivity contribution in [1.29, 1.82) is 0 Å². The van der Waals surface area contributed by atoms with Gasteiger partial charge >= 0.3 is 5.97 Å². The molecule has 0 amide bonds. The molecule has 20 heavy (non-hydrogen) atoms. The van der Waals surface area contributed by atoms with E-state index in [2.05, 4.69) is 0 Å². The molecule has 3 nitrogen and oxygen atoms in total. The molecule has 1 aliphatic carbocycles. The first-order valence-electron chi connectivity index (χ1n) is 7.25. The molecule has 1 N–H and O–H groups in total. The van der Waals surface area contributed by atoms with Gasteiger partial charge in [0.05, 0.1) is 5.41 Å². The number of benzene rings is 1. The Bertz CT molecular complexity index is 490. The fourth-order valence-corrected chi connectivity index (χ4v) is 3.31. The molecule has 0 aliphatic heterocycles. The second-order valence-electron chi connectivity index (χ2n) is 6.23. The third-order valence-corrected chi connectivity index (χ3v) is 4.49. The molecule has 2 atom stereocenters. The molecule has 3 heteroatoms. The lowest BCUT2D eigenvalue weighted by molar-refractivity contribution is -0.150. The van der Waals surface area contributed by atoms with Crippen molar-refractivity contribution >= 4 is 11.8 Å². The SMILES string of the molecule is CC(C)(C(=O)O)[C@H](c1ccccc1)[C@H]1CCCCC1=O. The summed E-state index contributed by atoms with van der Waals surface area (Å²) in [5.41, 5.74) is 0.0131. The maximum atomic E-state index is 12.3. The fourth-order valence-electron chi connectivity index (χ4n) is 3.31. The van der Waals surface area contributed by atoms with E-state index in [0.717, 1.165) is 24.8 Å². The minimum atomic E-state index is -0.945. The molecular formula is C17H22O3. The summed E-state index contributed by atoms with van der Waals surface area (Å²) in [6.45, 7) is 3.46. The van der Waals surface area contributed by atoms with Crippen molar-refractivity contribution in [1.82, 2.24) is 0 Å². The third kappa shape index (κ3) is 2.77. The van der Waals surface area contributed by atoms with Gasteiger partial charge in [-0.2, -0.15) is 0 Å². The molecule has 1 aromatic rings. The van der Waals surface area contributed by atoms with E-state index in [0.29, 0.717) is 6.42 Å². The summed E-state index contributed by atoms with van der Waals surface area (Å²) >= 11 is 0. The van der Waals surface area contributed by atoms with Crippen molar-refractivity contribution in [2.24, 2.45) is 11.3 Å². The number of Topliss-reactive ketones (excluding diaryl/α,β-unsaturated/α-hetero) is 1. The van der Waals surface area contributed by atoms with Crippen LogP contribution in [0.2, 0.25) is 0 Å². The standard InChI is InChI=1S/C17H22O3/c1-17(2,16(19)20)15(12-8-4-3-5-9-12)13-10-6-7-11-14(13)18/h3-5,8-9,13,15H,6-7,10-11H2,1-2H3,(H,19,20)/t13-,15+/m0/s1. The summed E-state index contributed by atoms with van der Waals surface area (Å²) in [6.07, 6.45) is 3.33. The van der Waals surface area contributed by atoms with E-state index in [-0.39, 0.29) is 17.6 Å². The number of carboxylic acid groups (broad SMARTS) is 1. The Kier molecular flexibility index (Phi) is 4.26. The molecule has 0 aromatic heterocycles. The molecule has 0 spiro atoms. The van der Waals surface area contributed by atoms with Gasteiger partial charge in [-0.3, -0.25) is 9.59 Å². The number of hydrogen-bond donors (Lipinski definition) is 1. The highest BCUT2D eigenvalue weighted by Crippen LogP contribution is 2.45. The van der Waals surface area contributed by atoms with E-state index in [9.17, 15) is 14.7 Å². The number of hydrogen-bond acceptors (Lipinski definition) is 2. The second-order valence-corrected chi connectivity index (χ2v) is 6.23. The van der Waals surface area contributed by atoms with Gasteiger partial charge in [-0.05, 0) is 32.3 Å². The minimum Gasteiger partial charge on any atom is -0.481 e. The Morgan fingerprint density at radius 1 is 1.25 bits per heavy atom. The molecule has 0 unspecified atom stereocenters. The normalized spacial score (nSPS) is 21.5. The summed E-state index contributed by atoms with van der Waals surface area (Å²) in [5.74, 6) is -1.05. The van der Waals surface area contributed by atoms with Crippen molar-refractivity contribution in [3.8, 4) is 0 Å². The Morgan fingerprint density at radius 2 is 1.90 bits per heavy atom. The van der Waals surface area contributed by atoms with Crippen molar-refractivity contribution in [3.05, 3.63) is 35.9 Å². The van der Waals surface area contributed by atoms with Crippen LogP contribution < -0.4 is 0 Å². The number of aliphatic carboxylic acids is 1. The number of rotatable bonds is 4. The van der Waals surface area contributed by atoms with Crippen LogP contribution in [0.1, 0.15) is 51.0 Å². The molecule has 2 rings (SSSR count). The molecule has 1 fully saturated rings. The summed E-state index contributed by atoms with van der Waals surface area (Å²) in [5, 5.41) is 9.58. The van der Waals surface area contributed by atoms with Crippen molar-refractivity contribution in [3.63, 3.8) is 0 Å². The monoisotopic (exact) mass is 274 g/mol. The average Bonchev–Trinajstić information content (AvgIpc) is 2.42. The number of carbonyl (C=O) groups excluding carboxylic acids is 1. The molecule has 0 saturated heterocycles. The zero-order valence-corrected chi connectivity index (χ0v) is 12.1. The van der Waals surface area contributed by atoms with Crippen LogP contribution in [0, 0.1) is 11.3 Å². The lowest BCUT2D eigenvalue weighted by atomic mass is 9.64. The fraction of sp³-hybridized carbons (Fsp3) is 0.529. The smallest absolute Gasteiger partial charge is 0.309 e. The predicted octanol–water partition coefficient (Wildman–Crippen LogP) is 3.64. The van der Waals surface area contributed by atoms with Gasteiger partial charge in [0.15, 0.2) is 0 Å². The van der Waals surface area contributed by atoms with E-state index in [4.69, 9.17) is 0 Å². The van der Waals surface area contributed by atoms with Crippen LogP contribution in [0.5, 0.6) is 0 Å². The summed E-state index contributed by atoms with van der Waals surface area (Å²) in [4.78, 5) is 24.0. The maximum absolute atomic E-state index is 12.3. The van der Waals surface area contributed by atoms with Crippen LogP contribution in [0.4, 0.5) is 0 Å². The highest BCUT2D eigenvalue weighted by molar-refractivity contribution is 5.85. The van der Waals surface area contributed by atoms with E-state index in [1.54, 1.807) is 13.8 Å². The highest BCUT2D eigenvalue weighted by atomic mass is 16.4. The highest BCUT2D eigenvalue weighted by Gasteiger charge is 2.45. The topological polar surface area (TPSA) is 54.4 Å². The molecule has 0 radical (unpaired) electrons. The Hall–Kier alpha value is -1.64. The first kappa shape index (κ1) is 14.8. The molecule has 108 valence electrons. The van der Waals surface area contributed by atoms with Gasteiger partial charge in [-0.15, -0.1) is 0 Å². The first-order chi connectivity index (χ1) is 9.44. The van der Waals surface area contributed by atoms with Crippen molar-refractivity contribution in [2.75, 3.05) is 0 Å². The Labute approximate surface area is 120 Å². The summed E-state index contributed by atoms with van der Waals surface area (Å²) in [6, 6.07) is 9.62. The van der Waals surface area contributed by atoms with Gasteiger partial charge in [0.1, 0.15) is 5.78 Å². The summed E-state index contributed by atoms with van der Waals surface area (Å²) < 4.78 is 0. The zero-order chi connectivity index (χ0) is 14.8. The second kappa shape index (κ2) is 5.78. The molecular weight excluding hydrogens is 252 g/mol. The quantitative estimate of drug-likeness (QED) is 0.912.